The number of nitrogens with zero attached hydrogens (tertiary/aromatic N) is 3. The van der Waals surface area contributed by atoms with Crippen LogP contribution in [0.3, 0.4) is 0 Å². The molecule has 1 unspecified atom stereocenters. The molecule has 0 spiro atoms. The molecule has 1 atom stereocenters. The van der Waals surface area contributed by atoms with E-state index < -0.39 is 0 Å². The van der Waals surface area contributed by atoms with Gasteiger partial charge < -0.3 is 15.2 Å². The summed E-state index contributed by atoms with van der Waals surface area (Å²) in [6, 6.07) is 1.71. The van der Waals surface area contributed by atoms with Gasteiger partial charge in [0, 0.05) is 19.2 Å². The van der Waals surface area contributed by atoms with E-state index in [4.69, 9.17) is 0 Å². The Balaban J connectivity index is 2.30. The van der Waals surface area contributed by atoms with Crippen LogP contribution in [0.5, 0.6) is 0 Å². The minimum Gasteiger partial charge on any atom is -0.314 e. The molecule has 2 N–H and O–H groups in total. The molecule has 1 aliphatic heterocycles. The van der Waals surface area contributed by atoms with Crippen LogP contribution in [-0.2, 0) is 6.54 Å². The molecule has 1 aromatic heterocycles. The number of hydrogen-bond acceptors (Lipinski definition) is 5. The van der Waals surface area contributed by atoms with E-state index >= 15 is 0 Å². The molecule has 0 aliphatic carbocycles. The summed E-state index contributed by atoms with van der Waals surface area (Å²) >= 11 is 0. The fourth-order valence-electron chi connectivity index (χ4n) is 2.53. The summed E-state index contributed by atoms with van der Waals surface area (Å²) in [6.07, 6.45) is 1.14. The smallest absolute Gasteiger partial charge is 0.251 e. The Morgan fingerprint density at radius 2 is 2.26 bits per heavy atom. The van der Waals surface area contributed by atoms with Crippen LogP contribution in [0.25, 0.3) is 0 Å². The van der Waals surface area contributed by atoms with Crippen molar-refractivity contribution < 1.29 is 0 Å². The first-order chi connectivity index (χ1) is 9.10. The zero-order valence-corrected chi connectivity index (χ0v) is 11.9. The maximum Gasteiger partial charge on any atom is 0.251 e. The molecule has 1 aliphatic rings. The van der Waals surface area contributed by atoms with Gasteiger partial charge in [-0.3, -0.25) is 9.69 Å². The number of likely N-dealkylation sites (N-methyl/N-ethyl adjacent to an activating group) is 2. The summed E-state index contributed by atoms with van der Waals surface area (Å²) in [7, 11) is 6.06. The maximum absolute atomic E-state index is 11.7. The average molecular weight is 265 g/mol. The molecule has 6 nitrogen and oxygen atoms in total. The number of H-pyrrole nitrogens is 1. The van der Waals surface area contributed by atoms with Crippen LogP contribution < -0.4 is 10.9 Å². The number of hydrogen-bond donors (Lipinski definition) is 2. The van der Waals surface area contributed by atoms with Crippen LogP contribution in [0.2, 0.25) is 0 Å². The largest absolute Gasteiger partial charge is 0.314 e. The summed E-state index contributed by atoms with van der Waals surface area (Å²) in [5.74, 6) is 0.772. The van der Waals surface area contributed by atoms with E-state index in [0.29, 0.717) is 6.54 Å². The summed E-state index contributed by atoms with van der Waals surface area (Å²) < 4.78 is 0. The molecular weight excluding hydrogens is 242 g/mol. The minimum absolute atomic E-state index is 0.0736. The summed E-state index contributed by atoms with van der Waals surface area (Å²) in [4.78, 5) is 23.8. The van der Waals surface area contributed by atoms with Crippen LogP contribution in [0.15, 0.2) is 10.9 Å². The van der Waals surface area contributed by atoms with Gasteiger partial charge in [0.05, 0.1) is 11.7 Å². The van der Waals surface area contributed by atoms with Crippen molar-refractivity contribution in [2.24, 2.45) is 0 Å². The monoisotopic (exact) mass is 265 g/mol. The van der Waals surface area contributed by atoms with Crippen LogP contribution in [0, 0.1) is 0 Å². The van der Waals surface area contributed by atoms with Crippen LogP contribution in [-0.4, -0.2) is 60.5 Å². The number of nitrogens with one attached hydrogen (secondary N) is 2. The van der Waals surface area contributed by atoms with Crippen molar-refractivity contribution in [3.8, 4) is 0 Å². The highest BCUT2D eigenvalue weighted by atomic mass is 16.1. The zero-order valence-electron chi connectivity index (χ0n) is 11.9. The van der Waals surface area contributed by atoms with Crippen molar-refractivity contribution >= 4 is 0 Å². The predicted molar refractivity (Wildman–Crippen MR) is 75.1 cm³/mol. The molecule has 0 bridgehead atoms. The van der Waals surface area contributed by atoms with Crippen LogP contribution in [0.4, 0.5) is 0 Å². The SMILES string of the molecule is CNCc1cc(=O)[nH]c(C2CN(C)CCCN2C)n1. The van der Waals surface area contributed by atoms with Gasteiger partial charge in [-0.05, 0) is 40.7 Å². The lowest BCUT2D eigenvalue weighted by Gasteiger charge is -2.26. The van der Waals surface area contributed by atoms with E-state index in [1.807, 2.05) is 7.05 Å². The molecular formula is C13H23N5O. The molecule has 19 heavy (non-hydrogen) atoms. The van der Waals surface area contributed by atoms with Gasteiger partial charge in [-0.15, -0.1) is 0 Å². The summed E-state index contributed by atoms with van der Waals surface area (Å²) in [6.45, 7) is 3.61. The van der Waals surface area contributed by atoms with Gasteiger partial charge in [0.1, 0.15) is 5.82 Å². The Hall–Kier alpha value is -1.24. The Bertz CT molecular complexity index is 472. The second-order valence-electron chi connectivity index (χ2n) is 5.26. The Labute approximate surface area is 113 Å². The van der Waals surface area contributed by atoms with Crippen LogP contribution >= 0.6 is 0 Å². The van der Waals surface area contributed by atoms with Gasteiger partial charge in [-0.2, -0.15) is 0 Å². The molecule has 0 radical (unpaired) electrons. The van der Waals surface area contributed by atoms with Gasteiger partial charge >= 0.3 is 0 Å². The van der Waals surface area contributed by atoms with E-state index in [-0.39, 0.29) is 11.6 Å². The molecule has 0 aromatic carbocycles. The fourth-order valence-corrected chi connectivity index (χ4v) is 2.53. The van der Waals surface area contributed by atoms with Crippen molar-refractivity contribution in [1.29, 1.82) is 0 Å². The standard InChI is InChI=1S/C13H23N5O/c1-14-8-10-7-12(19)16-13(15-10)11-9-17(2)5-4-6-18(11)3/h7,11,14H,4-6,8-9H2,1-3H3,(H,15,16,19). The highest BCUT2D eigenvalue weighted by Gasteiger charge is 2.24. The molecule has 6 heteroatoms. The molecule has 0 saturated carbocycles. The number of rotatable bonds is 3. The molecule has 0 amide bonds. The van der Waals surface area contributed by atoms with Gasteiger partial charge in [-0.1, -0.05) is 0 Å². The molecule has 106 valence electrons. The lowest BCUT2D eigenvalue weighted by Crippen LogP contribution is -2.33. The molecule has 1 saturated heterocycles. The van der Waals surface area contributed by atoms with Crippen molar-refractivity contribution in [3.05, 3.63) is 27.9 Å². The van der Waals surface area contributed by atoms with E-state index in [1.165, 1.54) is 0 Å². The summed E-state index contributed by atoms with van der Waals surface area (Å²) in [5.41, 5.74) is 0.720. The van der Waals surface area contributed by atoms with Gasteiger partial charge in [0.2, 0.25) is 0 Å². The van der Waals surface area contributed by atoms with Gasteiger partial charge in [0.15, 0.2) is 0 Å². The Morgan fingerprint density at radius 1 is 1.47 bits per heavy atom. The second-order valence-corrected chi connectivity index (χ2v) is 5.26. The molecule has 2 heterocycles. The number of aromatic nitrogens is 2. The number of aromatic amines is 1. The first kappa shape index (κ1) is 14.2. The Kier molecular flexibility index (Phi) is 4.68. The Morgan fingerprint density at radius 3 is 3.00 bits per heavy atom. The van der Waals surface area contributed by atoms with Crippen molar-refractivity contribution in [3.63, 3.8) is 0 Å². The van der Waals surface area contributed by atoms with E-state index in [2.05, 4.69) is 39.2 Å². The third-order valence-corrected chi connectivity index (χ3v) is 3.55. The van der Waals surface area contributed by atoms with Crippen molar-refractivity contribution in [2.75, 3.05) is 40.8 Å². The highest BCUT2D eigenvalue weighted by Crippen LogP contribution is 2.19. The lowest BCUT2D eigenvalue weighted by atomic mass is 10.2. The second kappa shape index (κ2) is 6.27. The summed E-state index contributed by atoms with van der Waals surface area (Å²) in [5, 5.41) is 3.03. The third-order valence-electron chi connectivity index (χ3n) is 3.55. The normalized spacial score (nSPS) is 22.4. The fraction of sp³-hybridized carbons (Fsp3) is 0.692. The van der Waals surface area contributed by atoms with Crippen LogP contribution in [0.1, 0.15) is 24.0 Å². The van der Waals surface area contributed by atoms with Crippen molar-refractivity contribution in [1.82, 2.24) is 25.1 Å². The first-order valence-corrected chi connectivity index (χ1v) is 6.73. The van der Waals surface area contributed by atoms with Gasteiger partial charge in [-0.25, -0.2) is 4.98 Å². The van der Waals surface area contributed by atoms with Gasteiger partial charge in [0.25, 0.3) is 5.56 Å². The third kappa shape index (κ3) is 3.62. The quantitative estimate of drug-likeness (QED) is 0.792. The highest BCUT2D eigenvalue weighted by molar-refractivity contribution is 5.06. The minimum atomic E-state index is -0.0736. The maximum atomic E-state index is 11.7. The topological polar surface area (TPSA) is 64.3 Å². The van der Waals surface area contributed by atoms with E-state index in [0.717, 1.165) is 37.6 Å². The molecule has 1 fully saturated rings. The zero-order chi connectivity index (χ0) is 13.8. The molecule has 1 aromatic rings. The average Bonchev–Trinajstić information content (AvgIpc) is 2.51. The first-order valence-electron chi connectivity index (χ1n) is 6.73. The lowest BCUT2D eigenvalue weighted by molar-refractivity contribution is 0.219. The van der Waals surface area contributed by atoms with E-state index in [1.54, 1.807) is 6.07 Å². The molecule has 2 rings (SSSR count). The predicted octanol–water partition coefficient (Wildman–Crippen LogP) is -0.202. The van der Waals surface area contributed by atoms with Crippen molar-refractivity contribution in [2.45, 2.75) is 19.0 Å². The van der Waals surface area contributed by atoms with E-state index in [9.17, 15) is 4.79 Å².